The van der Waals surface area contributed by atoms with Crippen LogP contribution >= 0.6 is 0 Å². The first-order valence-electron chi connectivity index (χ1n) is 23.5. The van der Waals surface area contributed by atoms with Gasteiger partial charge in [-0.25, -0.2) is 9.69 Å². The molecule has 0 aliphatic carbocycles. The van der Waals surface area contributed by atoms with Gasteiger partial charge < -0.3 is 25.2 Å². The van der Waals surface area contributed by atoms with Crippen molar-refractivity contribution in [1.82, 2.24) is 20.4 Å². The van der Waals surface area contributed by atoms with Crippen molar-refractivity contribution in [2.45, 2.75) is 49.2 Å². The van der Waals surface area contributed by atoms with Crippen LogP contribution in [-0.2, 0) is 31.1 Å². The molecule has 9 rings (SSSR count). The molecule has 4 amide bonds. The molecule has 3 aliphatic heterocycles. The zero-order valence-electron chi connectivity index (χ0n) is 39.1. The lowest BCUT2D eigenvalue weighted by Crippen LogP contribution is -2.56. The van der Waals surface area contributed by atoms with E-state index in [1.54, 1.807) is 30.3 Å². The number of hydrogen-bond donors (Lipinski definition) is 3. The molecule has 6 aromatic rings. The highest BCUT2D eigenvalue weighted by Crippen LogP contribution is 2.66. The van der Waals surface area contributed by atoms with Crippen LogP contribution in [-0.4, -0.2) is 78.1 Å². The summed E-state index contributed by atoms with van der Waals surface area (Å²) >= 11 is 0. The topological polar surface area (TPSA) is 141 Å². The van der Waals surface area contributed by atoms with Crippen molar-refractivity contribution in [2.75, 3.05) is 38.3 Å². The molecule has 7 unspecified atom stereocenters. The van der Waals surface area contributed by atoms with Crippen molar-refractivity contribution in [2.24, 2.45) is 5.92 Å². The number of carbonyl (C=O) groups excluding carboxylic acids is 4. The number of ether oxygens (including phenoxy) is 2. The third-order valence-electron chi connectivity index (χ3n) is 13.4. The lowest BCUT2D eigenvalue weighted by molar-refractivity contribution is -0.178. The number of nitrogens with zero attached hydrogens (tertiary/aromatic N) is 3. The number of cyclic esters (lactones) is 1. The first-order chi connectivity index (χ1) is 34.2. The van der Waals surface area contributed by atoms with E-state index in [1.165, 1.54) is 6.08 Å². The van der Waals surface area contributed by atoms with E-state index in [1.807, 2.05) is 140 Å². The molecule has 12 nitrogen and oxygen atoms in total. The van der Waals surface area contributed by atoms with Gasteiger partial charge in [-0.1, -0.05) is 157 Å². The lowest BCUT2D eigenvalue weighted by Gasteiger charge is -2.46. The van der Waals surface area contributed by atoms with E-state index in [0.717, 1.165) is 21.6 Å². The summed E-state index contributed by atoms with van der Waals surface area (Å²) in [4.78, 5) is 67.8. The van der Waals surface area contributed by atoms with Crippen LogP contribution in [0.4, 0.5) is 10.5 Å². The largest absolute Gasteiger partial charge is 0.491 e. The number of aliphatic hydroxyl groups excluding tert-OH is 1. The second-order valence-corrected chi connectivity index (χ2v) is 17.8. The van der Waals surface area contributed by atoms with Crippen LogP contribution in [0.5, 0.6) is 5.75 Å². The highest BCUT2D eigenvalue weighted by Gasteiger charge is 2.76. The Morgan fingerprint density at radius 2 is 1.50 bits per heavy atom. The standard InChI is InChI=1S/C58H55N5O7/c1-4-33-59-54(65)49-51-55(66)70-52(44-27-15-8-16-28-44)50(43-25-13-7-14-26-43)63(51)53(45-29-17-18-30-48(45)69-36-35-64)58(49)46-37-40(22-19-34-61(3)38-41-20-9-5-10-21-41)31-32-47(46)62(56(58)67)57(68)60-39(2)42-23-11-6-12-24-42/h4-18,20-21,23-32,37,39,49-53,64H,1,33-36,38H2,2-3H3,(H,59,65)(H,60,68). The van der Waals surface area contributed by atoms with Crippen molar-refractivity contribution >= 4 is 29.5 Å². The molecular formula is C58H55N5O7. The Balaban J connectivity index is 1.31. The smallest absolute Gasteiger partial charge is 0.329 e. The van der Waals surface area contributed by atoms with Crippen LogP contribution in [0.15, 0.2) is 176 Å². The molecular weight excluding hydrogens is 879 g/mol. The van der Waals surface area contributed by atoms with Gasteiger partial charge in [0.15, 0.2) is 0 Å². The molecule has 0 aromatic heterocycles. The van der Waals surface area contributed by atoms with Crippen LogP contribution in [0.3, 0.4) is 0 Å². The Kier molecular flexibility index (Phi) is 14.0. The van der Waals surface area contributed by atoms with Gasteiger partial charge in [0.05, 0.1) is 42.9 Å². The molecule has 3 N–H and O–H groups in total. The molecule has 6 aromatic carbocycles. The number of urea groups is 1. The minimum atomic E-state index is -2.03. The summed E-state index contributed by atoms with van der Waals surface area (Å²) in [6, 6.07) is 46.3. The number of nitrogens with one attached hydrogen (secondary N) is 2. The second kappa shape index (κ2) is 20.8. The summed E-state index contributed by atoms with van der Waals surface area (Å²) in [5.74, 6) is 3.38. The molecule has 12 heteroatoms. The predicted octanol–water partition coefficient (Wildman–Crippen LogP) is 7.98. The number of imide groups is 1. The molecule has 3 aliphatic rings. The highest BCUT2D eigenvalue weighted by atomic mass is 16.6. The monoisotopic (exact) mass is 933 g/mol. The molecule has 3 heterocycles. The number of rotatable bonds is 14. The minimum Gasteiger partial charge on any atom is -0.491 e. The summed E-state index contributed by atoms with van der Waals surface area (Å²) < 4.78 is 12.9. The molecule has 7 atom stereocenters. The van der Waals surface area contributed by atoms with Gasteiger partial charge in [0.25, 0.3) is 0 Å². The van der Waals surface area contributed by atoms with Gasteiger partial charge in [-0.15, -0.1) is 6.58 Å². The number of anilines is 1. The van der Waals surface area contributed by atoms with E-state index in [-0.39, 0.29) is 25.4 Å². The molecule has 2 saturated heterocycles. The Morgan fingerprint density at radius 1 is 0.857 bits per heavy atom. The molecule has 2 fully saturated rings. The summed E-state index contributed by atoms with van der Waals surface area (Å²) in [6.45, 7) is 6.39. The zero-order valence-corrected chi connectivity index (χ0v) is 39.1. The van der Waals surface area contributed by atoms with E-state index in [4.69, 9.17) is 9.47 Å². The van der Waals surface area contributed by atoms with Gasteiger partial charge in [-0.05, 0) is 66.1 Å². The average Bonchev–Trinajstić information content (AvgIpc) is 3.84. The number of para-hydroxylation sites is 1. The van der Waals surface area contributed by atoms with Crippen LogP contribution < -0.4 is 20.3 Å². The van der Waals surface area contributed by atoms with Crippen molar-refractivity contribution < 1.29 is 33.8 Å². The number of carbonyl (C=O) groups is 4. The lowest BCUT2D eigenvalue weighted by atomic mass is 9.65. The SMILES string of the molecule is C=CCNC(=O)C1C2C(=O)OC(c3ccccc3)C(c3ccccc3)N2C(c2ccccc2OCCO)C12C(=O)N(C(=O)NC(C)c1ccccc1)c1ccc(C#CCN(C)Cc3ccccc3)cc12. The van der Waals surface area contributed by atoms with Crippen LogP contribution in [0.2, 0.25) is 0 Å². The maximum Gasteiger partial charge on any atom is 0.329 e. The van der Waals surface area contributed by atoms with Crippen molar-refractivity contribution in [3.05, 3.63) is 215 Å². The first kappa shape index (κ1) is 47.3. The van der Waals surface area contributed by atoms with Crippen LogP contribution in [0.1, 0.15) is 70.1 Å². The third kappa shape index (κ3) is 8.87. The molecule has 1 spiro atoms. The Morgan fingerprint density at radius 3 is 2.19 bits per heavy atom. The molecule has 0 radical (unpaired) electrons. The summed E-state index contributed by atoms with van der Waals surface area (Å²) in [6.07, 6.45) is 0.613. The third-order valence-corrected chi connectivity index (χ3v) is 13.4. The fraction of sp³-hybridized carbons (Fsp3) is 0.241. The number of morpholine rings is 1. The summed E-state index contributed by atoms with van der Waals surface area (Å²) in [5.41, 5.74) is 2.93. The van der Waals surface area contributed by atoms with Gasteiger partial charge in [-0.2, -0.15) is 0 Å². The van der Waals surface area contributed by atoms with E-state index in [2.05, 4.69) is 46.1 Å². The maximum absolute atomic E-state index is 16.6. The average molecular weight is 934 g/mol. The van der Waals surface area contributed by atoms with Crippen molar-refractivity contribution in [1.29, 1.82) is 0 Å². The maximum atomic E-state index is 16.6. The van der Waals surface area contributed by atoms with Crippen molar-refractivity contribution in [3.8, 4) is 17.6 Å². The highest BCUT2D eigenvalue weighted by molar-refractivity contribution is 6.24. The van der Waals surface area contributed by atoms with Gasteiger partial charge in [0, 0.05) is 24.2 Å². The first-order valence-corrected chi connectivity index (χ1v) is 23.5. The number of hydrogen-bond acceptors (Lipinski definition) is 9. The van der Waals surface area contributed by atoms with E-state index < -0.39 is 65.4 Å². The summed E-state index contributed by atoms with van der Waals surface area (Å²) in [7, 11) is 1.98. The normalized spacial score (nSPS) is 21.8. The van der Waals surface area contributed by atoms with Crippen molar-refractivity contribution in [3.63, 3.8) is 0 Å². The molecule has 70 heavy (non-hydrogen) atoms. The van der Waals surface area contributed by atoms with Crippen LogP contribution in [0, 0.1) is 17.8 Å². The Labute approximate surface area is 408 Å². The quantitative estimate of drug-likeness (QED) is 0.0564. The summed E-state index contributed by atoms with van der Waals surface area (Å²) in [5, 5.41) is 16.1. The number of esters is 1. The van der Waals surface area contributed by atoms with E-state index >= 15 is 19.2 Å². The molecule has 0 saturated carbocycles. The van der Waals surface area contributed by atoms with E-state index in [0.29, 0.717) is 41.1 Å². The fourth-order valence-corrected chi connectivity index (χ4v) is 10.5. The second-order valence-electron chi connectivity index (χ2n) is 17.8. The van der Waals surface area contributed by atoms with Gasteiger partial charge in [0.2, 0.25) is 11.8 Å². The van der Waals surface area contributed by atoms with Gasteiger partial charge in [-0.3, -0.25) is 24.2 Å². The van der Waals surface area contributed by atoms with Gasteiger partial charge >= 0.3 is 12.0 Å². The Hall–Kier alpha value is -7.82. The number of aliphatic hydroxyl groups is 1. The molecule has 354 valence electrons. The molecule has 0 bridgehead atoms. The number of fused-ring (bicyclic) bond motifs is 3. The van der Waals surface area contributed by atoms with Crippen LogP contribution in [0.25, 0.3) is 0 Å². The minimum absolute atomic E-state index is 0.0185. The predicted molar refractivity (Wildman–Crippen MR) is 267 cm³/mol. The number of amides is 4. The Bertz CT molecular complexity index is 2930. The van der Waals surface area contributed by atoms with Gasteiger partial charge in [0.1, 0.15) is 29.9 Å². The number of benzene rings is 6. The fourth-order valence-electron chi connectivity index (χ4n) is 10.5. The van der Waals surface area contributed by atoms with E-state index in [9.17, 15) is 5.11 Å². The zero-order chi connectivity index (χ0) is 48.8.